The van der Waals surface area contributed by atoms with Crippen LogP contribution < -0.4 is 10.6 Å². The molecular formula is C22H32F6N4OS. The number of carbonyl (C=O) groups is 1. The van der Waals surface area contributed by atoms with Crippen molar-refractivity contribution in [2.75, 3.05) is 46.8 Å². The molecule has 1 aromatic carbocycles. The van der Waals surface area contributed by atoms with E-state index in [1.165, 1.54) is 23.4 Å². The van der Waals surface area contributed by atoms with Crippen LogP contribution in [-0.2, 0) is 6.18 Å². The topological polar surface area (TPSA) is 47.6 Å². The normalized spacial score (nSPS) is 20.4. The van der Waals surface area contributed by atoms with Crippen molar-refractivity contribution in [2.24, 2.45) is 5.92 Å². The predicted octanol–water partition coefficient (Wildman–Crippen LogP) is 4.89. The monoisotopic (exact) mass is 514 g/mol. The molecule has 1 aliphatic heterocycles. The fourth-order valence-electron chi connectivity index (χ4n) is 3.50. The maximum absolute atomic E-state index is 13.4. The molecule has 2 rings (SSSR count). The van der Waals surface area contributed by atoms with E-state index in [1.54, 1.807) is 0 Å². The van der Waals surface area contributed by atoms with Crippen molar-refractivity contribution in [3.63, 3.8) is 0 Å². The summed E-state index contributed by atoms with van der Waals surface area (Å²) in [5, 5.41) is 6.23. The number of hydrogen-bond donors (Lipinski definition) is 2. The molecular weight excluding hydrogens is 482 g/mol. The van der Waals surface area contributed by atoms with E-state index in [-0.39, 0.29) is 12.1 Å². The second kappa shape index (κ2) is 12.4. The summed E-state index contributed by atoms with van der Waals surface area (Å²) in [5.41, 5.74) is -0.677. The minimum Gasteiger partial charge on any atom is -0.345 e. The molecule has 194 valence electrons. The van der Waals surface area contributed by atoms with Crippen LogP contribution in [0.5, 0.6) is 0 Å². The van der Waals surface area contributed by atoms with E-state index in [4.69, 9.17) is 0 Å². The van der Waals surface area contributed by atoms with Crippen molar-refractivity contribution >= 4 is 21.3 Å². The van der Waals surface area contributed by atoms with Gasteiger partial charge in [0, 0.05) is 25.7 Å². The minimum atomic E-state index is -4.57. The largest absolute Gasteiger partial charge is 0.416 e. The van der Waals surface area contributed by atoms with Crippen molar-refractivity contribution in [3.05, 3.63) is 35.4 Å². The molecule has 1 amide bonds. The molecule has 5 nitrogen and oxygen atoms in total. The smallest absolute Gasteiger partial charge is 0.345 e. The minimum absolute atomic E-state index is 0.204. The number of unbranched alkanes of at least 4 members (excludes halogenated alkanes) is 1. The second-order valence-electron chi connectivity index (χ2n) is 8.47. The zero-order chi connectivity index (χ0) is 25.5. The molecule has 3 atom stereocenters. The Morgan fingerprint density at radius 3 is 2.47 bits per heavy atom. The highest BCUT2D eigenvalue weighted by atomic mass is 32.2. The summed E-state index contributed by atoms with van der Waals surface area (Å²) < 4.78 is 80.9. The number of carbonyl (C=O) groups excluding carboxylic acids is 1. The van der Waals surface area contributed by atoms with Gasteiger partial charge in [-0.05, 0) is 80.7 Å². The van der Waals surface area contributed by atoms with E-state index >= 15 is 0 Å². The average molecular weight is 515 g/mol. The maximum Gasteiger partial charge on any atom is 0.416 e. The van der Waals surface area contributed by atoms with Gasteiger partial charge in [0.05, 0.1) is 11.5 Å². The number of nitrogens with one attached hydrogen (secondary N) is 2. The van der Waals surface area contributed by atoms with Crippen molar-refractivity contribution in [3.8, 4) is 0 Å². The molecule has 0 radical (unpaired) electrons. The highest BCUT2D eigenvalue weighted by Crippen LogP contribution is 2.43. The summed E-state index contributed by atoms with van der Waals surface area (Å²) in [6.07, 6.45) is -7.13. The molecule has 12 heteroatoms. The van der Waals surface area contributed by atoms with Gasteiger partial charge in [-0.15, -0.1) is 0 Å². The molecule has 1 heterocycles. The van der Waals surface area contributed by atoms with Crippen LogP contribution in [-0.4, -0.2) is 72.8 Å². The van der Waals surface area contributed by atoms with Crippen molar-refractivity contribution in [2.45, 2.75) is 38.2 Å². The molecule has 34 heavy (non-hydrogen) atoms. The number of nitrogens with zero attached hydrogens (tertiary/aromatic N) is 2. The van der Waals surface area contributed by atoms with Crippen molar-refractivity contribution < 1.29 is 31.1 Å². The van der Waals surface area contributed by atoms with E-state index in [1.807, 2.05) is 14.1 Å². The van der Waals surface area contributed by atoms with Gasteiger partial charge in [0.15, 0.2) is 0 Å². The third kappa shape index (κ3) is 8.54. The highest BCUT2D eigenvalue weighted by Gasteiger charge is 2.45. The quantitative estimate of drug-likeness (QED) is 0.265. The maximum atomic E-state index is 13.4. The molecule has 1 aromatic rings. The number of rotatable bonds is 10. The summed E-state index contributed by atoms with van der Waals surface area (Å²) in [5.74, 6) is -1.83. The zero-order valence-electron chi connectivity index (χ0n) is 19.5. The summed E-state index contributed by atoms with van der Waals surface area (Å²) in [6.45, 7) is 3.48. The van der Waals surface area contributed by atoms with Crippen LogP contribution in [0, 0.1) is 5.92 Å². The Morgan fingerprint density at radius 1 is 1.15 bits per heavy atom. The van der Waals surface area contributed by atoms with Gasteiger partial charge in [-0.25, -0.2) is 4.31 Å². The molecule has 0 spiro atoms. The van der Waals surface area contributed by atoms with Crippen LogP contribution in [0.1, 0.15) is 36.9 Å². The molecule has 3 unspecified atom stereocenters. The van der Waals surface area contributed by atoms with E-state index in [0.29, 0.717) is 6.54 Å². The predicted molar refractivity (Wildman–Crippen MR) is 124 cm³/mol. The Bertz CT molecular complexity index is 843. The molecule has 2 N–H and O–H groups in total. The van der Waals surface area contributed by atoms with E-state index < -0.39 is 52.3 Å². The van der Waals surface area contributed by atoms with Crippen LogP contribution in [0.2, 0.25) is 0 Å². The van der Waals surface area contributed by atoms with Gasteiger partial charge >= 0.3 is 12.4 Å². The van der Waals surface area contributed by atoms with Gasteiger partial charge in [-0.2, -0.15) is 26.3 Å². The molecule has 1 aliphatic rings. The molecule has 0 aliphatic carbocycles. The van der Waals surface area contributed by atoms with Gasteiger partial charge in [0.2, 0.25) is 0 Å². The summed E-state index contributed by atoms with van der Waals surface area (Å²) >= 11 is 0. The Hall–Kier alpha value is -1.63. The number of halogens is 6. The van der Waals surface area contributed by atoms with Crippen LogP contribution >= 0.6 is 10.7 Å². The number of benzene rings is 1. The standard InChI is InChI=1S/C22H32F6N4OS/c1-16(17-7-6-8-18(13-17)21(23,24)25)32-14-19(22(26,27)28)15-34(32)20(33)30-11-10-29-9-4-5-12-31(2)3/h6-8,13,15-16,19,29H,4-5,9-12,14H2,1-3H3,(H,30,33). The van der Waals surface area contributed by atoms with Crippen LogP contribution in [0.3, 0.4) is 0 Å². The van der Waals surface area contributed by atoms with Crippen molar-refractivity contribution in [1.29, 1.82) is 0 Å². The summed E-state index contributed by atoms with van der Waals surface area (Å²) in [7, 11) is 2.44. The zero-order valence-corrected chi connectivity index (χ0v) is 20.3. The molecule has 0 saturated carbocycles. The highest BCUT2D eigenvalue weighted by molar-refractivity contribution is 8.26. The average Bonchev–Trinajstić information content (AvgIpc) is 3.20. The number of alkyl halides is 6. The Labute approximate surface area is 198 Å². The summed E-state index contributed by atoms with van der Waals surface area (Å²) in [4.78, 5) is 14.8. The lowest BCUT2D eigenvalue weighted by Gasteiger charge is -2.28. The van der Waals surface area contributed by atoms with Gasteiger partial charge in [0.1, 0.15) is 0 Å². The second-order valence-corrected chi connectivity index (χ2v) is 10.2. The Balaban J connectivity index is 2.02. The lowest BCUT2D eigenvalue weighted by atomic mass is 10.0. The van der Waals surface area contributed by atoms with Crippen molar-refractivity contribution in [1.82, 2.24) is 19.8 Å². The number of amides is 1. The fraction of sp³-hybridized carbons (Fsp3) is 0.636. The number of hydrogen-bond acceptors (Lipinski definition) is 4. The van der Waals surface area contributed by atoms with Crippen LogP contribution in [0.15, 0.2) is 24.3 Å². The van der Waals surface area contributed by atoms with Gasteiger partial charge in [-0.3, -0.25) is 4.79 Å². The first-order valence-electron chi connectivity index (χ1n) is 11.0. The van der Waals surface area contributed by atoms with E-state index in [9.17, 15) is 31.1 Å². The van der Waals surface area contributed by atoms with Gasteiger partial charge < -0.3 is 15.5 Å². The lowest BCUT2D eigenvalue weighted by molar-refractivity contribution is -0.154. The third-order valence-electron chi connectivity index (χ3n) is 5.44. The molecule has 0 bridgehead atoms. The van der Waals surface area contributed by atoms with Gasteiger partial charge in [-0.1, -0.05) is 12.1 Å². The van der Waals surface area contributed by atoms with E-state index in [2.05, 4.69) is 15.5 Å². The lowest BCUT2D eigenvalue weighted by Crippen LogP contribution is -2.34. The Kier molecular flexibility index (Phi) is 10.4. The van der Waals surface area contributed by atoms with Crippen LogP contribution in [0.4, 0.5) is 31.1 Å². The Morgan fingerprint density at radius 2 is 1.85 bits per heavy atom. The summed E-state index contributed by atoms with van der Waals surface area (Å²) in [6, 6.07) is 3.67. The molecule has 0 fully saturated rings. The first kappa shape index (κ1) is 28.6. The van der Waals surface area contributed by atoms with Gasteiger partial charge in [0.25, 0.3) is 5.24 Å². The van der Waals surface area contributed by atoms with Crippen LogP contribution in [0.25, 0.3) is 0 Å². The molecule has 0 saturated heterocycles. The molecule has 0 aromatic heterocycles. The van der Waals surface area contributed by atoms with E-state index in [0.717, 1.165) is 43.4 Å². The SMILES string of the molecule is CC(c1cccc(C(F)(F)F)c1)N1CC(C(F)(F)F)C=S1C(=O)NCCNCCCCN(C)C. The first-order chi connectivity index (χ1) is 15.8. The first-order valence-corrected chi connectivity index (χ1v) is 12.3. The fourth-order valence-corrected chi connectivity index (χ4v) is 5.58. The third-order valence-corrected chi connectivity index (χ3v) is 7.52.